The van der Waals surface area contributed by atoms with Crippen LogP contribution in [-0.4, -0.2) is 18.4 Å². The summed E-state index contributed by atoms with van der Waals surface area (Å²) in [5, 5.41) is 5.33. The number of hydrogen-bond acceptors (Lipinski definition) is 2. The first kappa shape index (κ1) is 17.4. The van der Waals surface area contributed by atoms with Crippen LogP contribution in [0.1, 0.15) is 16.8 Å². The van der Waals surface area contributed by atoms with Crippen LogP contribution in [0.5, 0.6) is 0 Å². The molecule has 0 radical (unpaired) electrons. The molecule has 0 saturated carbocycles. The van der Waals surface area contributed by atoms with Crippen LogP contribution in [0.15, 0.2) is 46.9 Å². The number of rotatable bonds is 5. The number of benzene rings is 2. The van der Waals surface area contributed by atoms with Gasteiger partial charge in [0.2, 0.25) is 5.91 Å². The first-order chi connectivity index (χ1) is 11.0. The fourth-order valence-electron chi connectivity index (χ4n) is 1.83. The Morgan fingerprint density at radius 3 is 2.61 bits per heavy atom. The summed E-state index contributed by atoms with van der Waals surface area (Å²) in [5.41, 5.74) is 0.824. The standard InChI is InChI=1S/C16H13BrClFN2O2/c17-12-3-1-2-4-14(12)21-15(22)7-8-20-16(23)11-6-5-10(19)9-13(11)18/h1-6,9H,7-8H2,(H,20,23)(H,21,22). The third-order valence-corrected chi connectivity index (χ3v) is 3.97. The summed E-state index contributed by atoms with van der Waals surface area (Å²) in [4.78, 5) is 23.7. The summed E-state index contributed by atoms with van der Waals surface area (Å²) in [5.74, 6) is -1.20. The van der Waals surface area contributed by atoms with Crippen LogP contribution in [0.25, 0.3) is 0 Å². The maximum Gasteiger partial charge on any atom is 0.252 e. The highest BCUT2D eigenvalue weighted by Gasteiger charge is 2.11. The third-order valence-electron chi connectivity index (χ3n) is 2.96. The lowest BCUT2D eigenvalue weighted by atomic mass is 10.2. The van der Waals surface area contributed by atoms with E-state index in [9.17, 15) is 14.0 Å². The van der Waals surface area contributed by atoms with Gasteiger partial charge in [0.25, 0.3) is 5.91 Å². The Bertz CT molecular complexity index is 740. The van der Waals surface area contributed by atoms with Crippen LogP contribution in [0, 0.1) is 5.82 Å². The van der Waals surface area contributed by atoms with Gasteiger partial charge in [0.15, 0.2) is 0 Å². The van der Waals surface area contributed by atoms with Crippen molar-refractivity contribution < 1.29 is 14.0 Å². The Balaban J connectivity index is 1.83. The summed E-state index contributed by atoms with van der Waals surface area (Å²) in [6.07, 6.45) is 0.103. The summed E-state index contributed by atoms with van der Waals surface area (Å²) in [7, 11) is 0. The molecule has 0 bridgehead atoms. The van der Waals surface area contributed by atoms with E-state index in [1.54, 1.807) is 12.1 Å². The molecule has 23 heavy (non-hydrogen) atoms. The van der Waals surface area contributed by atoms with Crippen molar-refractivity contribution in [1.29, 1.82) is 0 Å². The van der Waals surface area contributed by atoms with E-state index in [-0.39, 0.29) is 29.5 Å². The van der Waals surface area contributed by atoms with E-state index >= 15 is 0 Å². The highest BCUT2D eigenvalue weighted by Crippen LogP contribution is 2.21. The average molecular weight is 400 g/mol. The van der Waals surface area contributed by atoms with Gasteiger partial charge in [-0.1, -0.05) is 23.7 Å². The summed E-state index contributed by atoms with van der Waals surface area (Å²) < 4.78 is 13.7. The molecule has 0 fully saturated rings. The topological polar surface area (TPSA) is 58.2 Å². The van der Waals surface area contributed by atoms with Crippen LogP contribution in [0.4, 0.5) is 10.1 Å². The predicted octanol–water partition coefficient (Wildman–Crippen LogP) is 4.00. The van der Waals surface area contributed by atoms with E-state index in [0.717, 1.165) is 16.6 Å². The number of carbonyl (C=O) groups is 2. The fraction of sp³-hybridized carbons (Fsp3) is 0.125. The molecular formula is C16H13BrClFN2O2. The van der Waals surface area contributed by atoms with Gasteiger partial charge < -0.3 is 10.6 Å². The Hall–Kier alpha value is -1.92. The van der Waals surface area contributed by atoms with Crippen LogP contribution >= 0.6 is 27.5 Å². The van der Waals surface area contributed by atoms with E-state index in [2.05, 4.69) is 26.6 Å². The summed E-state index contributed by atoms with van der Waals surface area (Å²) in [6, 6.07) is 10.7. The number of hydrogen-bond donors (Lipinski definition) is 2. The lowest BCUT2D eigenvalue weighted by molar-refractivity contribution is -0.116. The van der Waals surface area contributed by atoms with Crippen molar-refractivity contribution in [2.45, 2.75) is 6.42 Å². The number of carbonyl (C=O) groups excluding carboxylic acids is 2. The van der Waals surface area contributed by atoms with Crippen LogP contribution in [0.2, 0.25) is 5.02 Å². The Kier molecular flexibility index (Phi) is 6.12. The average Bonchev–Trinajstić information content (AvgIpc) is 2.49. The van der Waals surface area contributed by atoms with Crippen molar-refractivity contribution in [3.05, 3.63) is 63.3 Å². The molecule has 4 nitrogen and oxygen atoms in total. The molecule has 0 saturated heterocycles. The van der Waals surface area contributed by atoms with Crippen molar-refractivity contribution in [2.24, 2.45) is 0 Å². The first-order valence-electron chi connectivity index (χ1n) is 6.75. The van der Waals surface area contributed by atoms with Crippen molar-refractivity contribution in [3.8, 4) is 0 Å². The molecule has 0 unspecified atom stereocenters. The molecule has 0 atom stereocenters. The summed E-state index contributed by atoms with van der Waals surface area (Å²) in [6.45, 7) is 0.142. The summed E-state index contributed by atoms with van der Waals surface area (Å²) >= 11 is 9.14. The fourth-order valence-corrected chi connectivity index (χ4v) is 2.47. The maximum absolute atomic E-state index is 12.9. The molecule has 7 heteroatoms. The van der Waals surface area contributed by atoms with Crippen molar-refractivity contribution in [1.82, 2.24) is 5.32 Å². The van der Waals surface area contributed by atoms with E-state index in [1.165, 1.54) is 6.07 Å². The maximum atomic E-state index is 12.9. The van der Waals surface area contributed by atoms with Crippen molar-refractivity contribution >= 4 is 45.0 Å². The number of para-hydroxylation sites is 1. The lowest BCUT2D eigenvalue weighted by Gasteiger charge is -2.09. The normalized spacial score (nSPS) is 10.2. The van der Waals surface area contributed by atoms with Gasteiger partial charge in [-0.05, 0) is 46.3 Å². The zero-order valence-corrected chi connectivity index (χ0v) is 14.2. The van der Waals surface area contributed by atoms with E-state index < -0.39 is 11.7 Å². The highest BCUT2D eigenvalue weighted by atomic mass is 79.9. The highest BCUT2D eigenvalue weighted by molar-refractivity contribution is 9.10. The number of amides is 2. The Labute approximate surface area is 146 Å². The SMILES string of the molecule is O=C(CCNC(=O)c1ccc(F)cc1Cl)Nc1ccccc1Br. The Morgan fingerprint density at radius 1 is 1.17 bits per heavy atom. The smallest absolute Gasteiger partial charge is 0.252 e. The van der Waals surface area contributed by atoms with Crippen LogP contribution < -0.4 is 10.6 Å². The van der Waals surface area contributed by atoms with Gasteiger partial charge in [-0.25, -0.2) is 4.39 Å². The minimum atomic E-state index is -0.514. The number of anilines is 1. The van der Waals surface area contributed by atoms with E-state index in [4.69, 9.17) is 11.6 Å². The second-order valence-corrected chi connectivity index (χ2v) is 5.92. The second kappa shape index (κ2) is 8.08. The van der Waals surface area contributed by atoms with Crippen molar-refractivity contribution in [3.63, 3.8) is 0 Å². The minimum Gasteiger partial charge on any atom is -0.351 e. The molecule has 0 aromatic heterocycles. The lowest BCUT2D eigenvalue weighted by Crippen LogP contribution is -2.28. The molecule has 2 rings (SSSR count). The molecular weight excluding hydrogens is 387 g/mol. The number of halogens is 3. The van der Waals surface area contributed by atoms with E-state index in [0.29, 0.717) is 5.69 Å². The van der Waals surface area contributed by atoms with Gasteiger partial charge in [-0.3, -0.25) is 9.59 Å². The van der Waals surface area contributed by atoms with Crippen molar-refractivity contribution in [2.75, 3.05) is 11.9 Å². The second-order valence-electron chi connectivity index (χ2n) is 4.66. The molecule has 0 aliphatic carbocycles. The molecule has 0 spiro atoms. The molecule has 0 heterocycles. The zero-order chi connectivity index (χ0) is 16.8. The quantitative estimate of drug-likeness (QED) is 0.798. The Morgan fingerprint density at radius 2 is 1.91 bits per heavy atom. The molecule has 0 aliphatic heterocycles. The molecule has 0 aliphatic rings. The molecule has 2 N–H and O–H groups in total. The van der Waals surface area contributed by atoms with Gasteiger partial charge in [-0.2, -0.15) is 0 Å². The van der Waals surface area contributed by atoms with E-state index in [1.807, 2.05) is 12.1 Å². The molecule has 2 aromatic carbocycles. The molecule has 2 amide bonds. The van der Waals surface area contributed by atoms with Crippen LogP contribution in [-0.2, 0) is 4.79 Å². The number of nitrogens with one attached hydrogen (secondary N) is 2. The van der Waals surface area contributed by atoms with Gasteiger partial charge in [0, 0.05) is 17.4 Å². The molecule has 120 valence electrons. The van der Waals surface area contributed by atoms with Crippen LogP contribution in [0.3, 0.4) is 0 Å². The van der Waals surface area contributed by atoms with Gasteiger partial charge in [-0.15, -0.1) is 0 Å². The zero-order valence-electron chi connectivity index (χ0n) is 11.9. The predicted molar refractivity (Wildman–Crippen MR) is 91.1 cm³/mol. The third kappa shape index (κ3) is 5.04. The minimum absolute atomic E-state index is 0.0279. The van der Waals surface area contributed by atoms with Gasteiger partial charge in [0.1, 0.15) is 5.82 Å². The molecule has 2 aromatic rings. The first-order valence-corrected chi connectivity index (χ1v) is 7.92. The van der Waals surface area contributed by atoms with Gasteiger partial charge in [0.05, 0.1) is 16.3 Å². The monoisotopic (exact) mass is 398 g/mol. The largest absolute Gasteiger partial charge is 0.351 e. The van der Waals surface area contributed by atoms with Gasteiger partial charge >= 0.3 is 0 Å².